The highest BCUT2D eigenvalue weighted by molar-refractivity contribution is 14.1. The minimum absolute atomic E-state index is 0.00864. The Labute approximate surface area is 216 Å². The van der Waals surface area contributed by atoms with Gasteiger partial charge in [0.05, 0.1) is 11.5 Å². The summed E-state index contributed by atoms with van der Waals surface area (Å²) in [5.74, 6) is 0.148. The van der Waals surface area contributed by atoms with Gasteiger partial charge >= 0.3 is 12.1 Å². The number of alkyl halides is 1. The molecule has 7 nitrogen and oxygen atoms in total. The number of ether oxygens (including phenoxy) is 2. The summed E-state index contributed by atoms with van der Waals surface area (Å²) < 4.78 is 38.5. The van der Waals surface area contributed by atoms with Gasteiger partial charge in [0.15, 0.2) is 0 Å². The van der Waals surface area contributed by atoms with Gasteiger partial charge < -0.3 is 9.47 Å². The molecule has 0 aliphatic heterocycles. The first-order valence-electron chi connectivity index (χ1n) is 11.1. The molecular formula is C23H35ClINO6S. The average Bonchev–Trinajstić information content (AvgIpc) is 2.70. The van der Waals surface area contributed by atoms with Crippen molar-refractivity contribution in [2.75, 3.05) is 17.6 Å². The lowest BCUT2D eigenvalue weighted by Gasteiger charge is -2.27. The van der Waals surface area contributed by atoms with Gasteiger partial charge in [0, 0.05) is 18.0 Å². The fourth-order valence-corrected chi connectivity index (χ4v) is 5.53. The first kappa shape index (κ1) is 30.0. The van der Waals surface area contributed by atoms with Gasteiger partial charge in [0.2, 0.25) is 0 Å². The molecule has 33 heavy (non-hydrogen) atoms. The second-order valence-electron chi connectivity index (χ2n) is 8.69. The monoisotopic (exact) mass is 615 g/mol. The van der Waals surface area contributed by atoms with Crippen molar-refractivity contribution in [2.24, 2.45) is 5.92 Å². The van der Waals surface area contributed by atoms with E-state index in [1.165, 1.54) is 24.3 Å². The summed E-state index contributed by atoms with van der Waals surface area (Å²) in [4.78, 5) is 24.4. The third-order valence-corrected chi connectivity index (χ3v) is 7.46. The number of amides is 1. The maximum absolute atomic E-state index is 13.2. The average molecular weight is 616 g/mol. The molecule has 0 N–H and O–H groups in total. The number of esters is 1. The molecular weight excluding hydrogens is 581 g/mol. The summed E-state index contributed by atoms with van der Waals surface area (Å²) in [7, 11) is -4.09. The lowest BCUT2D eigenvalue weighted by atomic mass is 9.94. The zero-order valence-corrected chi connectivity index (χ0v) is 23.5. The molecule has 1 aromatic rings. The van der Waals surface area contributed by atoms with E-state index in [9.17, 15) is 18.0 Å². The summed E-state index contributed by atoms with van der Waals surface area (Å²) in [6.07, 6.45) is 3.24. The highest BCUT2D eigenvalue weighted by Gasteiger charge is 2.32. The number of hydrogen-bond donors (Lipinski definition) is 0. The van der Waals surface area contributed by atoms with Crippen LogP contribution >= 0.6 is 34.2 Å². The van der Waals surface area contributed by atoms with Crippen LogP contribution in [0.2, 0.25) is 5.02 Å². The van der Waals surface area contributed by atoms with Crippen molar-refractivity contribution in [3.05, 3.63) is 29.3 Å². The molecule has 1 rings (SSSR count). The van der Waals surface area contributed by atoms with Crippen LogP contribution in [0.4, 0.5) is 4.79 Å². The molecule has 0 aromatic heterocycles. The number of carbonyl (C=O) groups excluding carboxylic acids is 2. The fourth-order valence-electron chi connectivity index (χ4n) is 3.19. The number of unbranched alkanes of at least 4 members (excludes halogenated alkanes) is 1. The Hall–Kier alpha value is -1.07. The molecule has 0 bridgehead atoms. The van der Waals surface area contributed by atoms with Gasteiger partial charge in [0.1, 0.15) is 5.60 Å². The predicted molar refractivity (Wildman–Crippen MR) is 138 cm³/mol. The van der Waals surface area contributed by atoms with Crippen molar-refractivity contribution in [1.82, 2.24) is 4.31 Å². The summed E-state index contributed by atoms with van der Waals surface area (Å²) in [5.41, 5.74) is -0.830. The third-order valence-electron chi connectivity index (χ3n) is 4.80. The van der Waals surface area contributed by atoms with Crippen LogP contribution in [0, 0.1) is 5.92 Å². The predicted octanol–water partition coefficient (Wildman–Crippen LogP) is 6.22. The van der Waals surface area contributed by atoms with Gasteiger partial charge in [-0.15, -0.1) is 0 Å². The van der Waals surface area contributed by atoms with Crippen LogP contribution in [0.15, 0.2) is 29.2 Å². The molecule has 1 aromatic carbocycles. The molecule has 1 amide bonds. The quantitative estimate of drug-likeness (QED) is 0.113. The van der Waals surface area contributed by atoms with Gasteiger partial charge in [0.25, 0.3) is 10.0 Å². The third kappa shape index (κ3) is 11.3. The minimum atomic E-state index is -4.09. The molecule has 1 atom stereocenters. The minimum Gasteiger partial charge on any atom is -0.466 e. The van der Waals surface area contributed by atoms with Gasteiger partial charge in [-0.3, -0.25) is 4.79 Å². The topological polar surface area (TPSA) is 90.0 Å². The molecule has 10 heteroatoms. The highest BCUT2D eigenvalue weighted by atomic mass is 127. The Bertz CT molecular complexity index is 855. The van der Waals surface area contributed by atoms with Gasteiger partial charge in [-0.25, -0.2) is 17.5 Å². The standard InChI is InChI=1S/C23H35ClINO6S/c1-5-31-21(27)14-9-18(15-16-25)8-6-7-17-26(22(28)32-23(2,3)4)33(29,30)20-12-10-19(24)11-13-20/h10-13,18H,5-9,14-17H2,1-4H3. The molecule has 0 heterocycles. The van der Waals surface area contributed by atoms with Crippen molar-refractivity contribution in [2.45, 2.75) is 76.7 Å². The van der Waals surface area contributed by atoms with E-state index in [-0.39, 0.29) is 17.4 Å². The number of nitrogens with zero attached hydrogens (tertiary/aromatic N) is 1. The second kappa shape index (κ2) is 14.4. The van der Waals surface area contributed by atoms with E-state index < -0.39 is 21.7 Å². The molecule has 0 saturated carbocycles. The second-order valence-corrected chi connectivity index (χ2v) is 12.1. The first-order valence-corrected chi connectivity index (χ1v) is 14.5. The summed E-state index contributed by atoms with van der Waals surface area (Å²) >= 11 is 8.20. The van der Waals surface area contributed by atoms with E-state index in [1.54, 1.807) is 27.7 Å². The number of halogens is 2. The van der Waals surface area contributed by atoms with E-state index in [1.807, 2.05) is 0 Å². The van der Waals surface area contributed by atoms with Crippen molar-refractivity contribution in [3.63, 3.8) is 0 Å². The Morgan fingerprint density at radius 3 is 2.27 bits per heavy atom. The summed E-state index contributed by atoms with van der Waals surface area (Å²) in [5, 5.41) is 0.405. The fraction of sp³-hybridized carbons (Fsp3) is 0.652. The lowest BCUT2D eigenvalue weighted by molar-refractivity contribution is -0.143. The van der Waals surface area contributed by atoms with Gasteiger partial charge in [-0.1, -0.05) is 47.0 Å². The lowest BCUT2D eigenvalue weighted by Crippen LogP contribution is -2.41. The zero-order chi connectivity index (χ0) is 25.1. The van der Waals surface area contributed by atoms with Crippen LogP contribution in [-0.2, 0) is 24.3 Å². The largest absolute Gasteiger partial charge is 0.466 e. The number of sulfonamides is 1. The van der Waals surface area contributed by atoms with E-state index in [0.717, 1.165) is 34.4 Å². The van der Waals surface area contributed by atoms with Crippen LogP contribution in [0.25, 0.3) is 0 Å². The molecule has 0 spiro atoms. The van der Waals surface area contributed by atoms with E-state index in [4.69, 9.17) is 21.1 Å². The Balaban J connectivity index is 2.84. The maximum atomic E-state index is 13.2. The maximum Gasteiger partial charge on any atom is 0.424 e. The highest BCUT2D eigenvalue weighted by Crippen LogP contribution is 2.24. The van der Waals surface area contributed by atoms with Crippen LogP contribution in [0.5, 0.6) is 0 Å². The van der Waals surface area contributed by atoms with E-state index in [0.29, 0.717) is 30.4 Å². The Morgan fingerprint density at radius 1 is 1.09 bits per heavy atom. The molecule has 0 saturated heterocycles. The van der Waals surface area contributed by atoms with Crippen molar-refractivity contribution in [1.29, 1.82) is 0 Å². The number of benzene rings is 1. The molecule has 0 aliphatic rings. The molecule has 1 unspecified atom stereocenters. The van der Waals surface area contributed by atoms with Gasteiger partial charge in [-0.05, 0) is 81.6 Å². The van der Waals surface area contributed by atoms with Crippen LogP contribution in [0.3, 0.4) is 0 Å². The van der Waals surface area contributed by atoms with Crippen LogP contribution in [0.1, 0.15) is 66.2 Å². The van der Waals surface area contributed by atoms with Crippen molar-refractivity contribution >= 4 is 56.3 Å². The van der Waals surface area contributed by atoms with E-state index >= 15 is 0 Å². The first-order chi connectivity index (χ1) is 15.4. The number of carbonyl (C=O) groups is 2. The summed E-state index contributed by atoms with van der Waals surface area (Å²) in [6.45, 7) is 7.24. The molecule has 0 radical (unpaired) electrons. The van der Waals surface area contributed by atoms with Crippen molar-refractivity contribution in [3.8, 4) is 0 Å². The Morgan fingerprint density at radius 2 is 1.73 bits per heavy atom. The summed E-state index contributed by atoms with van der Waals surface area (Å²) in [6, 6.07) is 5.70. The van der Waals surface area contributed by atoms with Crippen molar-refractivity contribution < 1.29 is 27.5 Å². The van der Waals surface area contributed by atoms with Gasteiger partial charge in [-0.2, -0.15) is 0 Å². The SMILES string of the molecule is CCOC(=O)CCC(CCI)CCCCN(C(=O)OC(C)(C)C)S(=O)(=O)c1ccc(Cl)cc1. The molecule has 188 valence electrons. The Kier molecular flexibility index (Phi) is 13.0. The number of hydrogen-bond acceptors (Lipinski definition) is 6. The van der Waals surface area contributed by atoms with E-state index in [2.05, 4.69) is 22.6 Å². The molecule has 0 fully saturated rings. The zero-order valence-electron chi connectivity index (χ0n) is 19.8. The smallest absolute Gasteiger partial charge is 0.424 e. The molecule has 0 aliphatic carbocycles. The number of rotatable bonds is 13. The van der Waals surface area contributed by atoms with Crippen LogP contribution in [-0.4, -0.2) is 48.0 Å². The van der Waals surface area contributed by atoms with Crippen LogP contribution < -0.4 is 0 Å². The normalized spacial score (nSPS) is 12.8.